The second-order valence-corrected chi connectivity index (χ2v) is 9.16. The standard InChI is InChI=1S/C27H33N3O5/c1-3-23(18-14-26(31)29-16-18)35-27-20-5-4-10-28-22(20)15-21(30-27)17-6-7-24(25(13-17)32-2)34-19-8-11-33-12-9-19/h4-7,10,13,15,18-19,23,26,29,31H,3,8-9,11-12,14,16H2,1-2H3/t18-,23-,26?/m1/s1. The third-order valence-corrected chi connectivity index (χ3v) is 6.82. The predicted octanol–water partition coefficient (Wildman–Crippen LogP) is 3.95. The first-order valence-corrected chi connectivity index (χ1v) is 12.4. The van der Waals surface area contributed by atoms with Crippen molar-refractivity contribution < 1.29 is 24.1 Å². The average molecular weight is 480 g/mol. The van der Waals surface area contributed by atoms with Crippen LogP contribution in [0.3, 0.4) is 0 Å². The molecule has 2 N–H and O–H groups in total. The SMILES string of the molecule is CC[C@@H](Oc1nc(-c2ccc(OC3CCOCC3)c(OC)c2)cc2ncccc12)[C@H]1CNC(O)C1. The average Bonchev–Trinajstić information content (AvgIpc) is 3.33. The molecule has 1 aromatic carbocycles. The fourth-order valence-corrected chi connectivity index (χ4v) is 4.86. The van der Waals surface area contributed by atoms with E-state index >= 15 is 0 Å². The van der Waals surface area contributed by atoms with Crippen molar-refractivity contribution in [1.82, 2.24) is 15.3 Å². The molecule has 4 heterocycles. The fraction of sp³-hybridized carbons (Fsp3) is 0.481. The Bertz CT molecular complexity index is 1150. The molecule has 2 aliphatic heterocycles. The van der Waals surface area contributed by atoms with E-state index in [1.54, 1.807) is 13.3 Å². The van der Waals surface area contributed by atoms with Crippen molar-refractivity contribution >= 4 is 10.9 Å². The molecule has 0 radical (unpaired) electrons. The maximum atomic E-state index is 9.93. The van der Waals surface area contributed by atoms with Gasteiger partial charge in [0.2, 0.25) is 5.88 Å². The molecule has 8 heteroatoms. The van der Waals surface area contributed by atoms with E-state index in [4.69, 9.17) is 23.9 Å². The largest absolute Gasteiger partial charge is 0.493 e. The van der Waals surface area contributed by atoms with Crippen LogP contribution >= 0.6 is 0 Å². The van der Waals surface area contributed by atoms with Crippen molar-refractivity contribution in [2.75, 3.05) is 26.9 Å². The summed E-state index contributed by atoms with van der Waals surface area (Å²) < 4.78 is 23.8. The van der Waals surface area contributed by atoms with Gasteiger partial charge in [-0.05, 0) is 49.2 Å². The molecular formula is C27H33N3O5. The number of hydrogen-bond donors (Lipinski definition) is 2. The number of methoxy groups -OCH3 is 1. The van der Waals surface area contributed by atoms with Crippen molar-refractivity contribution in [3.05, 3.63) is 42.6 Å². The lowest BCUT2D eigenvalue weighted by molar-refractivity contribution is 0.0245. The van der Waals surface area contributed by atoms with E-state index in [1.807, 2.05) is 36.4 Å². The Kier molecular flexibility index (Phi) is 7.32. The van der Waals surface area contributed by atoms with E-state index in [0.717, 1.165) is 66.9 Å². The molecular weight excluding hydrogens is 446 g/mol. The molecule has 2 saturated heterocycles. The van der Waals surface area contributed by atoms with Crippen molar-refractivity contribution in [2.24, 2.45) is 5.92 Å². The lowest BCUT2D eigenvalue weighted by atomic mass is 9.99. The second kappa shape index (κ2) is 10.8. The highest BCUT2D eigenvalue weighted by Gasteiger charge is 2.30. The summed E-state index contributed by atoms with van der Waals surface area (Å²) in [5.41, 5.74) is 2.46. The van der Waals surface area contributed by atoms with Crippen LogP contribution in [0.5, 0.6) is 17.4 Å². The van der Waals surface area contributed by atoms with Gasteiger partial charge in [0.05, 0.1) is 36.9 Å². The highest BCUT2D eigenvalue weighted by atomic mass is 16.5. The molecule has 0 saturated carbocycles. The topological polar surface area (TPSA) is 95.0 Å². The van der Waals surface area contributed by atoms with Gasteiger partial charge in [-0.1, -0.05) is 6.92 Å². The molecule has 2 aromatic heterocycles. The first kappa shape index (κ1) is 23.8. The molecule has 0 amide bonds. The minimum absolute atomic E-state index is 0.0596. The Labute approximate surface area is 205 Å². The number of aliphatic hydroxyl groups excluding tert-OH is 1. The van der Waals surface area contributed by atoms with Crippen LogP contribution in [0, 0.1) is 5.92 Å². The molecule has 0 bridgehead atoms. The van der Waals surface area contributed by atoms with E-state index in [1.165, 1.54) is 0 Å². The smallest absolute Gasteiger partial charge is 0.223 e. The van der Waals surface area contributed by atoms with Crippen molar-refractivity contribution in [1.29, 1.82) is 0 Å². The predicted molar refractivity (Wildman–Crippen MR) is 133 cm³/mol. The van der Waals surface area contributed by atoms with Crippen LogP contribution in [0.2, 0.25) is 0 Å². The highest BCUT2D eigenvalue weighted by Crippen LogP contribution is 2.36. The zero-order valence-corrected chi connectivity index (χ0v) is 20.3. The minimum Gasteiger partial charge on any atom is -0.493 e. The lowest BCUT2D eigenvalue weighted by Crippen LogP contribution is -2.28. The third kappa shape index (κ3) is 5.34. The molecule has 186 valence electrons. The van der Waals surface area contributed by atoms with Gasteiger partial charge in [0.15, 0.2) is 11.5 Å². The third-order valence-electron chi connectivity index (χ3n) is 6.82. The van der Waals surface area contributed by atoms with Crippen LogP contribution in [-0.2, 0) is 4.74 Å². The number of aromatic nitrogens is 2. The Morgan fingerprint density at radius 1 is 1.17 bits per heavy atom. The molecule has 2 fully saturated rings. The quantitative estimate of drug-likeness (QED) is 0.502. The zero-order valence-electron chi connectivity index (χ0n) is 20.3. The summed E-state index contributed by atoms with van der Waals surface area (Å²) in [6, 6.07) is 11.7. The van der Waals surface area contributed by atoms with Crippen molar-refractivity contribution in [3.8, 4) is 28.6 Å². The van der Waals surface area contributed by atoms with E-state index in [0.29, 0.717) is 18.1 Å². The molecule has 1 unspecified atom stereocenters. The van der Waals surface area contributed by atoms with Gasteiger partial charge in [0.1, 0.15) is 18.4 Å². The highest BCUT2D eigenvalue weighted by molar-refractivity contribution is 5.87. The van der Waals surface area contributed by atoms with Gasteiger partial charge < -0.3 is 24.1 Å². The zero-order chi connectivity index (χ0) is 24.2. The van der Waals surface area contributed by atoms with Gasteiger partial charge in [-0.15, -0.1) is 0 Å². The van der Waals surface area contributed by atoms with Gasteiger partial charge in [-0.2, -0.15) is 0 Å². The van der Waals surface area contributed by atoms with E-state index in [-0.39, 0.29) is 18.1 Å². The van der Waals surface area contributed by atoms with Gasteiger partial charge in [0, 0.05) is 37.1 Å². The van der Waals surface area contributed by atoms with Crippen LogP contribution < -0.4 is 19.5 Å². The van der Waals surface area contributed by atoms with Crippen LogP contribution in [-0.4, -0.2) is 60.4 Å². The van der Waals surface area contributed by atoms with Gasteiger partial charge in [0.25, 0.3) is 0 Å². The monoisotopic (exact) mass is 479 g/mol. The summed E-state index contributed by atoms with van der Waals surface area (Å²) >= 11 is 0. The number of hydrogen-bond acceptors (Lipinski definition) is 8. The molecule has 3 atom stereocenters. The Morgan fingerprint density at radius 2 is 2.03 bits per heavy atom. The van der Waals surface area contributed by atoms with E-state index in [9.17, 15) is 5.11 Å². The number of rotatable bonds is 8. The molecule has 8 nitrogen and oxygen atoms in total. The number of ether oxygens (including phenoxy) is 4. The summed E-state index contributed by atoms with van der Waals surface area (Å²) in [7, 11) is 1.65. The minimum atomic E-state index is -0.482. The van der Waals surface area contributed by atoms with Gasteiger partial charge in [-0.25, -0.2) is 4.98 Å². The van der Waals surface area contributed by atoms with Crippen LogP contribution in [0.15, 0.2) is 42.6 Å². The van der Waals surface area contributed by atoms with Crippen molar-refractivity contribution in [3.63, 3.8) is 0 Å². The molecule has 2 aliphatic rings. The molecule has 3 aromatic rings. The second-order valence-electron chi connectivity index (χ2n) is 9.16. The van der Waals surface area contributed by atoms with Gasteiger partial charge in [-0.3, -0.25) is 10.3 Å². The van der Waals surface area contributed by atoms with E-state index < -0.39 is 6.23 Å². The summed E-state index contributed by atoms with van der Waals surface area (Å²) in [6.07, 6.45) is 4.58. The lowest BCUT2D eigenvalue weighted by Gasteiger charge is -2.24. The summed E-state index contributed by atoms with van der Waals surface area (Å²) in [4.78, 5) is 9.48. The number of nitrogens with one attached hydrogen (secondary N) is 1. The number of nitrogens with zero attached hydrogens (tertiary/aromatic N) is 2. The summed E-state index contributed by atoms with van der Waals surface area (Å²) in [5, 5.41) is 13.9. The molecule has 35 heavy (non-hydrogen) atoms. The maximum Gasteiger partial charge on any atom is 0.223 e. The molecule has 0 spiro atoms. The Balaban J connectivity index is 1.46. The first-order chi connectivity index (χ1) is 17.1. The summed E-state index contributed by atoms with van der Waals surface area (Å²) in [5.74, 6) is 2.16. The molecule has 5 rings (SSSR count). The van der Waals surface area contributed by atoms with Crippen LogP contribution in [0.1, 0.15) is 32.6 Å². The Hall–Kier alpha value is -2.94. The van der Waals surface area contributed by atoms with Crippen LogP contribution in [0.25, 0.3) is 22.2 Å². The van der Waals surface area contributed by atoms with Gasteiger partial charge >= 0.3 is 0 Å². The normalized spacial score (nSPS) is 21.7. The first-order valence-electron chi connectivity index (χ1n) is 12.4. The number of aliphatic hydroxyl groups is 1. The van der Waals surface area contributed by atoms with E-state index in [2.05, 4.69) is 17.2 Å². The number of benzene rings is 1. The van der Waals surface area contributed by atoms with Crippen LogP contribution in [0.4, 0.5) is 0 Å². The number of fused-ring (bicyclic) bond motifs is 1. The maximum absolute atomic E-state index is 9.93. The summed E-state index contributed by atoms with van der Waals surface area (Å²) in [6.45, 7) is 4.26. The molecule has 0 aliphatic carbocycles. The van der Waals surface area contributed by atoms with Crippen molar-refractivity contribution in [2.45, 2.75) is 51.0 Å². The number of pyridine rings is 2. The Morgan fingerprint density at radius 3 is 2.77 bits per heavy atom. The fourth-order valence-electron chi connectivity index (χ4n) is 4.86.